The van der Waals surface area contributed by atoms with Crippen molar-refractivity contribution in [2.45, 2.75) is 6.92 Å². The maximum Gasteiger partial charge on any atom is 0.424 e. The number of aromatic nitrogens is 2. The number of amides is 1. The molecule has 1 aliphatic rings. The minimum atomic E-state index is -0.668. The lowest BCUT2D eigenvalue weighted by Crippen LogP contribution is -2.42. The Kier molecular flexibility index (Phi) is 6.40. The summed E-state index contributed by atoms with van der Waals surface area (Å²) in [5.41, 5.74) is 0.565. The summed E-state index contributed by atoms with van der Waals surface area (Å²) in [5.74, 6) is -0.219. The summed E-state index contributed by atoms with van der Waals surface area (Å²) in [6.07, 6.45) is 5.03. The van der Waals surface area contributed by atoms with Crippen molar-refractivity contribution < 1.29 is 28.6 Å². The average Bonchev–Trinajstić information content (AvgIpc) is 3.27. The van der Waals surface area contributed by atoms with E-state index >= 15 is 0 Å². The smallest absolute Gasteiger partial charge is 0.424 e. The second-order valence-electron chi connectivity index (χ2n) is 6.27. The fourth-order valence-corrected chi connectivity index (χ4v) is 2.79. The van der Waals surface area contributed by atoms with E-state index in [1.807, 2.05) is 0 Å². The summed E-state index contributed by atoms with van der Waals surface area (Å²) in [7, 11) is 1.45. The summed E-state index contributed by atoms with van der Waals surface area (Å²) in [6.45, 7) is 3.08. The average molecular weight is 399 g/mol. The minimum absolute atomic E-state index is 0.0453. The van der Waals surface area contributed by atoms with Gasteiger partial charge in [-0.15, -0.1) is 0 Å². The monoisotopic (exact) mass is 399 g/mol. The van der Waals surface area contributed by atoms with E-state index < -0.39 is 6.09 Å². The quantitative estimate of drug-likeness (QED) is 0.429. The molecule has 0 unspecified atom stereocenters. The predicted octanol–water partition coefficient (Wildman–Crippen LogP) is 1.77. The van der Waals surface area contributed by atoms with Crippen LogP contribution < -0.4 is 9.47 Å². The van der Waals surface area contributed by atoms with E-state index in [4.69, 9.17) is 14.2 Å². The topological polar surface area (TPSA) is 100.0 Å². The number of morpholine rings is 1. The first-order chi connectivity index (χ1) is 14.0. The van der Waals surface area contributed by atoms with Crippen molar-refractivity contribution in [3.63, 3.8) is 0 Å². The van der Waals surface area contributed by atoms with Gasteiger partial charge in [0.25, 0.3) is 5.91 Å². The number of imidazole rings is 1. The van der Waals surface area contributed by atoms with Crippen LogP contribution >= 0.6 is 0 Å². The Morgan fingerprint density at radius 3 is 2.55 bits per heavy atom. The predicted molar refractivity (Wildman–Crippen MR) is 103 cm³/mol. The number of benzene rings is 1. The van der Waals surface area contributed by atoms with Gasteiger partial charge in [0.05, 0.1) is 25.9 Å². The van der Waals surface area contributed by atoms with E-state index in [0.29, 0.717) is 37.6 Å². The fourth-order valence-electron chi connectivity index (χ4n) is 2.79. The molecule has 0 aliphatic carbocycles. The van der Waals surface area contributed by atoms with Crippen LogP contribution in [0.3, 0.4) is 0 Å². The molecule has 0 saturated carbocycles. The van der Waals surface area contributed by atoms with Crippen LogP contribution in [0, 0.1) is 0 Å². The molecule has 0 spiro atoms. The number of hydrogen-bond acceptors (Lipinski definition) is 7. The molecule has 0 radical (unpaired) electrons. The molecule has 29 heavy (non-hydrogen) atoms. The summed E-state index contributed by atoms with van der Waals surface area (Å²) < 4.78 is 17.0. The van der Waals surface area contributed by atoms with E-state index in [9.17, 15) is 14.4 Å². The number of methoxy groups -OCH3 is 1. The Morgan fingerprint density at radius 2 is 1.93 bits per heavy atom. The molecule has 152 valence electrons. The first-order valence-electron chi connectivity index (χ1n) is 8.97. The van der Waals surface area contributed by atoms with Gasteiger partial charge in [-0.3, -0.25) is 9.59 Å². The van der Waals surface area contributed by atoms with Crippen molar-refractivity contribution in [1.29, 1.82) is 0 Å². The maximum absolute atomic E-state index is 12.7. The Balaban J connectivity index is 1.88. The molecule has 3 rings (SSSR count). The summed E-state index contributed by atoms with van der Waals surface area (Å²) in [5, 5.41) is 0. The molecule has 1 aliphatic heterocycles. The third-order valence-corrected chi connectivity index (χ3v) is 4.32. The Bertz CT molecular complexity index is 930. The first-order valence-corrected chi connectivity index (χ1v) is 8.97. The van der Waals surface area contributed by atoms with Crippen molar-refractivity contribution in [3.8, 4) is 11.5 Å². The Morgan fingerprint density at radius 1 is 1.17 bits per heavy atom. The second kappa shape index (κ2) is 9.16. The van der Waals surface area contributed by atoms with Gasteiger partial charge in [0.15, 0.2) is 17.3 Å². The fraction of sp³-hybridized carbons (Fsp3) is 0.300. The van der Waals surface area contributed by atoms with E-state index in [0.717, 1.165) is 0 Å². The standard InChI is InChI=1S/C20H21N3O6/c1-14(24)16(19(25)22-7-9-28-10-8-22)11-15-3-4-17(27-2)18(12-15)29-20(26)23-6-5-21-13-23/h3-6,11-13H,7-10H2,1-2H3/b16-11+. The van der Waals surface area contributed by atoms with Crippen molar-refractivity contribution in [2.75, 3.05) is 33.4 Å². The highest BCUT2D eigenvalue weighted by atomic mass is 16.6. The van der Waals surface area contributed by atoms with Gasteiger partial charge in [-0.1, -0.05) is 6.07 Å². The molecule has 1 aromatic heterocycles. The molecule has 1 aromatic carbocycles. The van der Waals surface area contributed by atoms with Gasteiger partial charge in [-0.25, -0.2) is 14.3 Å². The van der Waals surface area contributed by atoms with Crippen LogP contribution in [0.5, 0.6) is 11.5 Å². The van der Waals surface area contributed by atoms with Gasteiger partial charge < -0.3 is 19.1 Å². The van der Waals surface area contributed by atoms with Crippen LogP contribution in [-0.4, -0.2) is 65.6 Å². The highest BCUT2D eigenvalue weighted by Gasteiger charge is 2.23. The SMILES string of the molecule is COc1ccc(/C=C(\C(C)=O)C(=O)N2CCOCC2)cc1OC(=O)n1ccnc1. The molecular weight excluding hydrogens is 378 g/mol. The molecule has 0 bridgehead atoms. The highest BCUT2D eigenvalue weighted by molar-refractivity contribution is 6.21. The number of ether oxygens (including phenoxy) is 3. The summed E-state index contributed by atoms with van der Waals surface area (Å²) >= 11 is 0. The van der Waals surface area contributed by atoms with Crippen molar-refractivity contribution >= 4 is 23.9 Å². The third kappa shape index (κ3) is 4.88. The van der Waals surface area contributed by atoms with Crippen LogP contribution in [0.4, 0.5) is 4.79 Å². The van der Waals surface area contributed by atoms with E-state index in [2.05, 4.69) is 4.98 Å². The Labute approximate surface area is 167 Å². The summed E-state index contributed by atoms with van der Waals surface area (Å²) in [6, 6.07) is 4.80. The van der Waals surface area contributed by atoms with E-state index in [1.54, 1.807) is 17.0 Å². The number of hydrogen-bond donors (Lipinski definition) is 0. The molecule has 2 aromatic rings. The largest absolute Gasteiger partial charge is 0.493 e. The lowest BCUT2D eigenvalue weighted by atomic mass is 10.1. The van der Waals surface area contributed by atoms with Gasteiger partial charge in [-0.05, 0) is 30.7 Å². The van der Waals surface area contributed by atoms with Gasteiger partial charge in [0, 0.05) is 25.5 Å². The highest BCUT2D eigenvalue weighted by Crippen LogP contribution is 2.29. The number of ketones is 1. The van der Waals surface area contributed by atoms with Crippen molar-refractivity contribution in [3.05, 3.63) is 48.1 Å². The minimum Gasteiger partial charge on any atom is -0.493 e. The van der Waals surface area contributed by atoms with Crippen molar-refractivity contribution in [1.82, 2.24) is 14.5 Å². The molecule has 9 heteroatoms. The molecule has 2 heterocycles. The lowest BCUT2D eigenvalue weighted by Gasteiger charge is -2.27. The zero-order valence-corrected chi connectivity index (χ0v) is 16.2. The molecule has 0 atom stereocenters. The zero-order valence-electron chi connectivity index (χ0n) is 16.2. The normalized spacial score (nSPS) is 14.4. The zero-order chi connectivity index (χ0) is 20.8. The molecule has 1 fully saturated rings. The first kappa shape index (κ1) is 20.3. The van der Waals surface area contributed by atoms with Crippen molar-refractivity contribution in [2.24, 2.45) is 0 Å². The number of carbonyl (C=O) groups is 3. The van der Waals surface area contributed by atoms with Gasteiger partial charge in [-0.2, -0.15) is 0 Å². The lowest BCUT2D eigenvalue weighted by molar-refractivity contribution is -0.132. The second-order valence-corrected chi connectivity index (χ2v) is 6.27. The van der Waals surface area contributed by atoms with Crippen LogP contribution in [0.25, 0.3) is 6.08 Å². The van der Waals surface area contributed by atoms with Gasteiger partial charge in [0.2, 0.25) is 0 Å². The van der Waals surface area contributed by atoms with Crippen LogP contribution in [0.2, 0.25) is 0 Å². The van der Waals surface area contributed by atoms with Crippen LogP contribution in [0.1, 0.15) is 12.5 Å². The van der Waals surface area contributed by atoms with Crippen LogP contribution in [0.15, 0.2) is 42.5 Å². The van der Waals surface area contributed by atoms with Gasteiger partial charge in [0.1, 0.15) is 6.33 Å². The van der Waals surface area contributed by atoms with E-state index in [1.165, 1.54) is 49.5 Å². The number of rotatable bonds is 5. The number of nitrogens with zero attached hydrogens (tertiary/aromatic N) is 3. The molecular formula is C20H21N3O6. The third-order valence-electron chi connectivity index (χ3n) is 4.32. The summed E-state index contributed by atoms with van der Waals surface area (Å²) in [4.78, 5) is 42.4. The molecule has 1 amide bonds. The number of carbonyl (C=O) groups excluding carboxylic acids is 3. The van der Waals surface area contributed by atoms with Gasteiger partial charge >= 0.3 is 6.09 Å². The van der Waals surface area contributed by atoms with Crippen LogP contribution in [-0.2, 0) is 14.3 Å². The molecule has 9 nitrogen and oxygen atoms in total. The number of Topliss-reactive ketones (excluding diaryl/α,β-unsaturated/α-hetero) is 1. The molecule has 1 saturated heterocycles. The Hall–Kier alpha value is -3.46. The maximum atomic E-state index is 12.7. The van der Waals surface area contributed by atoms with E-state index in [-0.39, 0.29) is 23.0 Å². The molecule has 0 N–H and O–H groups in total.